The van der Waals surface area contributed by atoms with E-state index in [4.69, 9.17) is 0 Å². The lowest BCUT2D eigenvalue weighted by molar-refractivity contribution is -0.154. The molecule has 0 radical (unpaired) electrons. The third-order valence-corrected chi connectivity index (χ3v) is 2.42. The number of benzene rings is 1. The predicted molar refractivity (Wildman–Crippen MR) is 61.3 cm³/mol. The summed E-state index contributed by atoms with van der Waals surface area (Å²) in [5.41, 5.74) is 0.560. The molecule has 1 aromatic heterocycles. The molecule has 1 aromatic carbocycles. The van der Waals surface area contributed by atoms with Crippen molar-refractivity contribution in [3.8, 4) is 0 Å². The van der Waals surface area contributed by atoms with E-state index in [1.165, 1.54) is 0 Å². The van der Waals surface area contributed by atoms with Crippen LogP contribution in [0.2, 0.25) is 0 Å². The fraction of sp³-hybridized carbons (Fsp3) is 0.273. The van der Waals surface area contributed by atoms with Gasteiger partial charge in [-0.05, 0) is 5.56 Å². The quantitative estimate of drug-likeness (QED) is 0.888. The summed E-state index contributed by atoms with van der Waals surface area (Å²) in [6.45, 7) is 0. The highest BCUT2D eigenvalue weighted by molar-refractivity contribution is 5.77. The van der Waals surface area contributed by atoms with Gasteiger partial charge >= 0.3 is 6.18 Å². The minimum absolute atomic E-state index is 0.0896. The highest BCUT2D eigenvalue weighted by atomic mass is 19.4. The van der Waals surface area contributed by atoms with E-state index in [1.807, 2.05) is 0 Å². The minimum atomic E-state index is -4.57. The van der Waals surface area contributed by atoms with E-state index >= 15 is 0 Å². The lowest BCUT2D eigenvalue weighted by Gasteiger charge is -2.16. The van der Waals surface area contributed by atoms with Crippen molar-refractivity contribution < 1.29 is 18.0 Å². The van der Waals surface area contributed by atoms with Gasteiger partial charge in [0, 0.05) is 0 Å². The van der Waals surface area contributed by atoms with E-state index in [2.05, 4.69) is 25.9 Å². The largest absolute Gasteiger partial charge is 0.397 e. The summed E-state index contributed by atoms with van der Waals surface area (Å²) < 4.78 is 36.6. The maximum atomic E-state index is 12.2. The highest BCUT2D eigenvalue weighted by Crippen LogP contribution is 2.22. The number of carbonyl (C=O) groups is 1. The topological polar surface area (TPSA) is 83.6 Å². The van der Waals surface area contributed by atoms with Gasteiger partial charge in [0.25, 0.3) is 0 Å². The van der Waals surface area contributed by atoms with Crippen LogP contribution in [-0.2, 0) is 4.79 Å². The molecule has 1 atom stereocenters. The Bertz CT molecular complexity index is 555. The fourth-order valence-electron chi connectivity index (χ4n) is 1.63. The first-order valence-corrected chi connectivity index (χ1v) is 5.60. The van der Waals surface area contributed by atoms with Gasteiger partial charge < -0.3 is 5.32 Å². The van der Waals surface area contributed by atoms with Gasteiger partial charge in [-0.15, -0.1) is 10.2 Å². The molecule has 0 aliphatic carbocycles. The van der Waals surface area contributed by atoms with Gasteiger partial charge in [-0.3, -0.25) is 4.79 Å². The fourth-order valence-corrected chi connectivity index (χ4v) is 1.63. The number of amides is 1. The molecule has 6 nitrogen and oxygen atoms in total. The van der Waals surface area contributed by atoms with Crippen LogP contribution >= 0.6 is 0 Å². The second-order valence-corrected chi connectivity index (χ2v) is 3.97. The Morgan fingerprint density at radius 2 is 2.00 bits per heavy atom. The molecular weight excluding hydrogens is 275 g/mol. The monoisotopic (exact) mass is 285 g/mol. The molecule has 1 unspecified atom stereocenters. The average molecular weight is 285 g/mol. The molecule has 2 N–H and O–H groups in total. The van der Waals surface area contributed by atoms with Crippen molar-refractivity contribution in [2.45, 2.75) is 18.6 Å². The number of hydrogen-bond acceptors (Lipinski definition) is 4. The van der Waals surface area contributed by atoms with Crippen LogP contribution in [0.25, 0.3) is 0 Å². The number of hydrogen-bond donors (Lipinski definition) is 2. The summed E-state index contributed by atoms with van der Waals surface area (Å²) in [7, 11) is 0. The molecule has 1 amide bonds. The van der Waals surface area contributed by atoms with Gasteiger partial charge in [0.2, 0.25) is 11.7 Å². The molecule has 0 saturated heterocycles. The second-order valence-electron chi connectivity index (χ2n) is 3.97. The molecule has 9 heteroatoms. The van der Waals surface area contributed by atoms with Crippen molar-refractivity contribution in [2.24, 2.45) is 0 Å². The molecule has 20 heavy (non-hydrogen) atoms. The second kappa shape index (κ2) is 5.68. The van der Waals surface area contributed by atoms with Crippen LogP contribution in [-0.4, -0.2) is 32.7 Å². The molecule has 0 saturated carbocycles. The zero-order valence-electron chi connectivity index (χ0n) is 10.1. The maximum absolute atomic E-state index is 12.2. The van der Waals surface area contributed by atoms with E-state index in [1.54, 1.807) is 30.3 Å². The SMILES string of the molecule is O=C(CC(F)(F)F)NC(c1ccccc1)c1nn[nH]n1. The molecule has 0 spiro atoms. The van der Waals surface area contributed by atoms with Crippen LogP contribution in [0.15, 0.2) is 30.3 Å². The standard InChI is InChI=1S/C11H10F3N5O/c12-11(13,14)6-8(20)15-9(10-16-18-19-17-10)7-4-2-1-3-5-7/h1-5,9H,6H2,(H,15,20)(H,16,17,18,19). The van der Waals surface area contributed by atoms with Crippen molar-refractivity contribution in [3.05, 3.63) is 41.7 Å². The highest BCUT2D eigenvalue weighted by Gasteiger charge is 2.33. The molecule has 106 valence electrons. The van der Waals surface area contributed by atoms with Crippen LogP contribution in [0.4, 0.5) is 13.2 Å². The first-order valence-electron chi connectivity index (χ1n) is 5.60. The normalized spacial score (nSPS) is 12.9. The lowest BCUT2D eigenvalue weighted by atomic mass is 10.1. The van der Waals surface area contributed by atoms with Crippen LogP contribution in [0, 0.1) is 0 Å². The van der Waals surface area contributed by atoms with E-state index in [0.717, 1.165) is 0 Å². The van der Waals surface area contributed by atoms with E-state index in [9.17, 15) is 18.0 Å². The predicted octanol–water partition coefficient (Wildman–Crippen LogP) is 1.36. The van der Waals surface area contributed by atoms with E-state index in [-0.39, 0.29) is 5.82 Å². The molecule has 0 fully saturated rings. The number of aromatic amines is 1. The Balaban J connectivity index is 2.19. The summed E-state index contributed by atoms with van der Waals surface area (Å²) >= 11 is 0. The zero-order valence-corrected chi connectivity index (χ0v) is 10.1. The smallest absolute Gasteiger partial charge is 0.342 e. The van der Waals surface area contributed by atoms with E-state index < -0.39 is 24.5 Å². The van der Waals surface area contributed by atoms with Crippen LogP contribution in [0.1, 0.15) is 23.9 Å². The first kappa shape index (κ1) is 14.0. The van der Waals surface area contributed by atoms with Gasteiger partial charge in [-0.1, -0.05) is 35.5 Å². The van der Waals surface area contributed by atoms with Crippen molar-refractivity contribution in [2.75, 3.05) is 0 Å². The number of aromatic nitrogens is 4. The van der Waals surface area contributed by atoms with Crippen LogP contribution in [0.3, 0.4) is 0 Å². The Morgan fingerprint density at radius 3 is 2.55 bits per heavy atom. The van der Waals surface area contributed by atoms with Crippen molar-refractivity contribution >= 4 is 5.91 Å². The summed E-state index contributed by atoms with van der Waals surface area (Å²) in [4.78, 5) is 11.4. The van der Waals surface area contributed by atoms with Crippen LogP contribution in [0.5, 0.6) is 0 Å². The number of halogens is 3. The molecular formula is C11H10F3N5O. The zero-order chi connectivity index (χ0) is 14.6. The van der Waals surface area contributed by atoms with Gasteiger partial charge in [-0.25, -0.2) is 0 Å². The minimum Gasteiger partial charge on any atom is -0.342 e. The Morgan fingerprint density at radius 1 is 1.30 bits per heavy atom. The van der Waals surface area contributed by atoms with E-state index in [0.29, 0.717) is 5.56 Å². The number of H-pyrrole nitrogens is 1. The molecule has 2 aromatic rings. The van der Waals surface area contributed by atoms with Gasteiger partial charge in [0.05, 0.1) is 0 Å². The first-order chi connectivity index (χ1) is 9.46. The molecule has 0 aliphatic heterocycles. The Hall–Kier alpha value is -2.45. The number of carbonyl (C=O) groups excluding carboxylic acids is 1. The summed E-state index contributed by atoms with van der Waals surface area (Å²) in [5, 5.41) is 15.2. The number of nitrogens with one attached hydrogen (secondary N) is 2. The number of tetrazole rings is 1. The lowest BCUT2D eigenvalue weighted by Crippen LogP contribution is -2.33. The maximum Gasteiger partial charge on any atom is 0.397 e. The molecule has 1 heterocycles. The Kier molecular flexibility index (Phi) is 3.97. The molecule has 0 bridgehead atoms. The van der Waals surface area contributed by atoms with Crippen molar-refractivity contribution in [1.29, 1.82) is 0 Å². The Labute approximate surface area is 111 Å². The van der Waals surface area contributed by atoms with Gasteiger partial charge in [-0.2, -0.15) is 18.4 Å². The van der Waals surface area contributed by atoms with Crippen molar-refractivity contribution in [1.82, 2.24) is 25.9 Å². The summed E-state index contributed by atoms with van der Waals surface area (Å²) in [6, 6.07) is 7.54. The number of alkyl halides is 3. The van der Waals surface area contributed by atoms with Crippen molar-refractivity contribution in [3.63, 3.8) is 0 Å². The molecule has 0 aliphatic rings. The summed E-state index contributed by atoms with van der Waals surface area (Å²) in [6.07, 6.45) is -6.13. The number of nitrogens with zero attached hydrogens (tertiary/aromatic N) is 3. The van der Waals surface area contributed by atoms with Gasteiger partial charge in [0.1, 0.15) is 12.5 Å². The van der Waals surface area contributed by atoms with Gasteiger partial charge in [0.15, 0.2) is 0 Å². The van der Waals surface area contributed by atoms with Crippen LogP contribution < -0.4 is 5.32 Å². The third kappa shape index (κ3) is 3.77. The average Bonchev–Trinajstić information content (AvgIpc) is 2.88. The molecule has 2 rings (SSSR count). The third-order valence-electron chi connectivity index (χ3n) is 2.42. The summed E-state index contributed by atoms with van der Waals surface area (Å²) in [5.74, 6) is -1.07. The number of rotatable bonds is 4.